The van der Waals surface area contributed by atoms with E-state index < -0.39 is 19.8 Å². The number of halogens is 6. The van der Waals surface area contributed by atoms with Crippen molar-refractivity contribution in [2.24, 2.45) is 0 Å². The quantitative estimate of drug-likeness (QED) is 0.0427. The van der Waals surface area contributed by atoms with Crippen LogP contribution in [-0.2, 0) is 52.9 Å². The number of piperazine rings is 3. The molecule has 3 unspecified atom stereocenters. The zero-order chi connectivity index (χ0) is 74.8. The normalized spacial score (nSPS) is 17.5. The average Bonchev–Trinajstić information content (AvgIpc) is 1.59. The van der Waals surface area contributed by atoms with Crippen molar-refractivity contribution in [3.8, 4) is 34.5 Å². The summed E-state index contributed by atoms with van der Waals surface area (Å²) in [5.41, 5.74) is 6.55. The summed E-state index contributed by atoms with van der Waals surface area (Å²) in [4.78, 5) is 67.5. The smallest absolute Gasteiger partial charge is 0.387 e. The number of imidazole rings is 1. The van der Waals surface area contributed by atoms with Crippen LogP contribution >= 0.6 is 0 Å². The number of anilines is 3. The van der Waals surface area contributed by atoms with E-state index in [0.717, 1.165) is 72.3 Å². The van der Waals surface area contributed by atoms with E-state index >= 15 is 0 Å². The second kappa shape index (κ2) is 36.3. The van der Waals surface area contributed by atoms with Gasteiger partial charge in [0.2, 0.25) is 17.7 Å². The summed E-state index contributed by atoms with van der Waals surface area (Å²) in [6, 6.07) is 45.1. The van der Waals surface area contributed by atoms with Gasteiger partial charge in [0, 0.05) is 100 Å². The highest BCUT2D eigenvalue weighted by Gasteiger charge is 2.36. The Kier molecular flexibility index (Phi) is 25.7. The number of H-pyrrole nitrogens is 3. The van der Waals surface area contributed by atoms with E-state index in [-0.39, 0.29) is 90.3 Å². The summed E-state index contributed by atoms with van der Waals surface area (Å²) in [6.45, 7) is -0.146. The highest BCUT2D eigenvalue weighted by molar-refractivity contribution is 5.80. The molecule has 6 aromatic carbocycles. The number of aromatic amines is 3. The highest BCUT2D eigenvalue weighted by atomic mass is 19.3. The van der Waals surface area contributed by atoms with Gasteiger partial charge in [0.1, 0.15) is 11.6 Å². The van der Waals surface area contributed by atoms with Gasteiger partial charge < -0.3 is 62.8 Å². The minimum Gasteiger partial charge on any atom is -0.493 e. The van der Waals surface area contributed by atoms with Gasteiger partial charge in [-0.15, -0.1) is 0 Å². The van der Waals surface area contributed by atoms with Gasteiger partial charge in [-0.1, -0.05) is 91.0 Å². The number of aryl methyl sites for hydroxylation is 2. The van der Waals surface area contributed by atoms with Crippen LogP contribution in [0.25, 0.3) is 0 Å². The Bertz CT molecular complexity index is 4310. The third-order valence-corrected chi connectivity index (χ3v) is 19.6. The van der Waals surface area contributed by atoms with E-state index in [1.165, 1.54) is 7.11 Å². The SMILES string of the molecule is COc1ccc(N2CCN(C(=O)Cc3n[nH]c(C)n3)C(Cc3ccccc3)C2)cc1OC(F)F.Cc1nc(CC(=O)N2CCN(c3ccc(OC(F)F)c(OC4CCC4)c3)CC2Cc2ccccc2)n[nH]1.O=C(Cc1c[nH]cn1)N1CCN(c2ccc(OC(F)F)c(OC3CCC3)c2)CC1Cc1ccccc1. The van der Waals surface area contributed by atoms with Crippen LogP contribution in [0.1, 0.15) is 84.2 Å². The zero-order valence-electron chi connectivity index (χ0n) is 59.8. The van der Waals surface area contributed by atoms with E-state index in [1.54, 1.807) is 74.9 Å². The zero-order valence-corrected chi connectivity index (χ0v) is 59.8. The predicted molar refractivity (Wildman–Crippen MR) is 388 cm³/mol. The number of methoxy groups -OCH3 is 1. The maximum atomic E-state index is 13.3. The van der Waals surface area contributed by atoms with E-state index in [4.69, 9.17) is 23.7 Å². The first-order valence-electron chi connectivity index (χ1n) is 36.0. The van der Waals surface area contributed by atoms with Crippen molar-refractivity contribution in [2.45, 2.75) is 141 Å². The highest BCUT2D eigenvalue weighted by Crippen LogP contribution is 2.40. The molecule has 3 saturated heterocycles. The summed E-state index contributed by atoms with van der Waals surface area (Å²) in [5.74, 6) is 3.24. The molecule has 0 radical (unpaired) electrons. The van der Waals surface area contributed by atoms with Crippen LogP contribution in [0.2, 0.25) is 0 Å². The lowest BCUT2D eigenvalue weighted by molar-refractivity contribution is -0.134. The molecule has 3 amide bonds. The summed E-state index contributed by atoms with van der Waals surface area (Å²) < 4.78 is 109. The first-order chi connectivity index (χ1) is 51.9. The Morgan fingerprint density at radius 1 is 0.458 bits per heavy atom. The molecule has 107 heavy (non-hydrogen) atoms. The Balaban J connectivity index is 0.000000150. The molecular formula is C78H88F6N14O9. The molecule has 0 bridgehead atoms. The average molecular weight is 1480 g/mol. The van der Waals surface area contributed by atoms with Gasteiger partial charge in [-0.3, -0.25) is 24.6 Å². The van der Waals surface area contributed by atoms with Crippen molar-refractivity contribution in [3.63, 3.8) is 0 Å². The van der Waals surface area contributed by atoms with E-state index in [9.17, 15) is 40.7 Å². The van der Waals surface area contributed by atoms with Crippen molar-refractivity contribution >= 4 is 34.8 Å². The predicted octanol–water partition coefficient (Wildman–Crippen LogP) is 11.8. The molecule has 5 aliphatic rings. The summed E-state index contributed by atoms with van der Waals surface area (Å²) in [6.07, 6.45) is 11.7. The van der Waals surface area contributed by atoms with Crippen LogP contribution in [0.4, 0.5) is 43.4 Å². The number of hydrogen-bond acceptors (Lipinski definition) is 17. The molecule has 3 N–H and O–H groups in total. The summed E-state index contributed by atoms with van der Waals surface area (Å²) in [7, 11) is 1.41. The number of aromatic nitrogens is 8. The van der Waals surface area contributed by atoms with Crippen molar-refractivity contribution in [1.29, 1.82) is 0 Å². The fraction of sp³-hybridized carbons (Fsp3) is 0.410. The van der Waals surface area contributed by atoms with Gasteiger partial charge in [-0.05, 0) is 125 Å². The Hall–Kier alpha value is -11.0. The van der Waals surface area contributed by atoms with Crippen LogP contribution < -0.4 is 43.1 Å². The van der Waals surface area contributed by atoms with Gasteiger partial charge in [-0.2, -0.15) is 36.5 Å². The molecule has 23 nitrogen and oxygen atoms in total. The molecular weight excluding hydrogens is 1390 g/mol. The number of hydrogen-bond donors (Lipinski definition) is 3. The number of nitrogens with one attached hydrogen (secondary N) is 3. The van der Waals surface area contributed by atoms with Crippen LogP contribution in [0.5, 0.6) is 34.5 Å². The molecule has 9 aromatic rings. The number of benzene rings is 6. The van der Waals surface area contributed by atoms with Crippen LogP contribution in [0.15, 0.2) is 158 Å². The van der Waals surface area contributed by atoms with E-state index in [0.29, 0.717) is 119 Å². The van der Waals surface area contributed by atoms with Gasteiger partial charge in [0.25, 0.3) is 0 Å². The molecule has 3 aromatic heterocycles. The fourth-order valence-electron chi connectivity index (χ4n) is 13.8. The van der Waals surface area contributed by atoms with Crippen molar-refractivity contribution < 1.29 is 69.1 Å². The van der Waals surface area contributed by atoms with E-state index in [1.807, 2.05) is 87.5 Å². The van der Waals surface area contributed by atoms with Crippen molar-refractivity contribution in [2.75, 3.05) is 80.7 Å². The van der Waals surface area contributed by atoms with Gasteiger partial charge in [-0.25, -0.2) is 15.0 Å². The van der Waals surface area contributed by atoms with Gasteiger partial charge in [0.15, 0.2) is 46.1 Å². The van der Waals surface area contributed by atoms with E-state index in [2.05, 4.69) is 84.0 Å². The molecule has 2 aliphatic carbocycles. The standard InChI is InChI=1S/C27H31F2N5O3.C27H30F2N4O3.C24H27F2N5O3/c1-18-30-25(32-31-18)16-26(35)34-13-12-33(17-21(34)14-19-6-3-2-4-7-19)20-10-11-23(37-27(28)29)24(15-20)36-22-8-5-9-22;28-27(29)36-24-10-9-21(15-25(24)35-23-7-4-8-23)32-11-12-33(26(34)14-20-16-30-18-31-20)22(17-32)13-19-5-2-1-3-6-19;1-16-27-22(29-28-16)14-23(32)31-11-10-30(15-19(31)12-17-6-4-3-5-7-17)18-8-9-20(33-2)21(13-18)34-24(25)26/h2-4,6-7,10-11,15,21-22,27H,5,8-9,12-14,16-17H2,1H3,(H,30,31,32);1-3,5-6,9-10,15-16,18,22-23,27H,4,7-8,11-14,17H2,(H,30,31);3-9,13,19,24H,10-12,14-15H2,1-2H3,(H,27,28,29). The minimum absolute atomic E-state index is 0.0192. The first kappa shape index (κ1) is 75.7. The number of amides is 3. The topological polar surface area (TPSA) is 238 Å². The van der Waals surface area contributed by atoms with Crippen LogP contribution in [0.3, 0.4) is 0 Å². The van der Waals surface area contributed by atoms with Crippen LogP contribution in [0, 0.1) is 13.8 Å². The minimum atomic E-state index is -2.95. The number of alkyl halides is 6. The number of carbonyl (C=O) groups is 3. The molecule has 29 heteroatoms. The molecule has 566 valence electrons. The fourth-order valence-corrected chi connectivity index (χ4v) is 13.8. The third kappa shape index (κ3) is 21.0. The maximum Gasteiger partial charge on any atom is 0.387 e. The second-order valence-corrected chi connectivity index (χ2v) is 27.0. The van der Waals surface area contributed by atoms with Crippen LogP contribution in [-0.4, -0.2) is 189 Å². The van der Waals surface area contributed by atoms with Gasteiger partial charge >= 0.3 is 19.8 Å². The lowest BCUT2D eigenvalue weighted by atomic mass is 9.96. The largest absolute Gasteiger partial charge is 0.493 e. The summed E-state index contributed by atoms with van der Waals surface area (Å²) >= 11 is 0. The molecule has 6 heterocycles. The molecule has 2 saturated carbocycles. The number of carbonyl (C=O) groups excluding carboxylic acids is 3. The Morgan fingerprint density at radius 2 is 0.822 bits per heavy atom. The number of ether oxygens (including phenoxy) is 6. The monoisotopic (exact) mass is 1480 g/mol. The summed E-state index contributed by atoms with van der Waals surface area (Å²) in [5, 5.41) is 13.8. The molecule has 14 rings (SSSR count). The molecule has 3 aliphatic heterocycles. The molecule has 0 spiro atoms. The Labute approximate surface area is 616 Å². The lowest BCUT2D eigenvalue weighted by Gasteiger charge is -2.43. The molecule has 3 atom stereocenters. The second-order valence-electron chi connectivity index (χ2n) is 27.0. The first-order valence-corrected chi connectivity index (χ1v) is 36.0. The molecule has 5 fully saturated rings. The maximum absolute atomic E-state index is 13.3. The van der Waals surface area contributed by atoms with Crippen molar-refractivity contribution in [1.82, 2.24) is 55.0 Å². The Morgan fingerprint density at radius 3 is 1.15 bits per heavy atom. The lowest BCUT2D eigenvalue weighted by Crippen LogP contribution is -2.56. The number of nitrogens with zero attached hydrogens (tertiary/aromatic N) is 11. The third-order valence-electron chi connectivity index (χ3n) is 19.6. The van der Waals surface area contributed by atoms with Crippen molar-refractivity contribution in [3.05, 3.63) is 204 Å². The number of rotatable bonds is 26. The van der Waals surface area contributed by atoms with Gasteiger partial charge in [0.05, 0.1) is 68.7 Å².